The van der Waals surface area contributed by atoms with Crippen LogP contribution in [0.1, 0.15) is 43.7 Å². The highest BCUT2D eigenvalue weighted by molar-refractivity contribution is 5.98. The fourth-order valence-electron chi connectivity index (χ4n) is 3.38. The van der Waals surface area contributed by atoms with Crippen LogP contribution >= 0.6 is 0 Å². The van der Waals surface area contributed by atoms with Gasteiger partial charge in [0.1, 0.15) is 17.3 Å². The second-order valence-electron chi connectivity index (χ2n) is 8.98. The van der Waals surface area contributed by atoms with Crippen molar-refractivity contribution in [1.29, 1.82) is 0 Å². The van der Waals surface area contributed by atoms with Crippen LogP contribution in [0.2, 0.25) is 0 Å². The lowest BCUT2D eigenvalue weighted by molar-refractivity contribution is -0.118. The molecule has 184 valence electrons. The molecule has 8 nitrogen and oxygen atoms in total. The molecule has 0 saturated carbocycles. The number of amides is 2. The van der Waals surface area contributed by atoms with Gasteiger partial charge in [-0.05, 0) is 50.5 Å². The van der Waals surface area contributed by atoms with Crippen molar-refractivity contribution in [3.63, 3.8) is 0 Å². The van der Waals surface area contributed by atoms with Gasteiger partial charge in [-0.3, -0.25) is 4.79 Å². The Hall–Kier alpha value is -4.07. The summed E-state index contributed by atoms with van der Waals surface area (Å²) in [4.78, 5) is 40.2. The molecule has 0 unspecified atom stereocenters. The Bertz CT molecular complexity index is 1150. The van der Waals surface area contributed by atoms with Gasteiger partial charge >= 0.3 is 12.1 Å². The lowest BCUT2D eigenvalue weighted by Crippen LogP contribution is -2.47. The molecular formula is C27H31N3O5. The zero-order chi connectivity index (χ0) is 25.4. The van der Waals surface area contributed by atoms with Crippen molar-refractivity contribution < 1.29 is 23.9 Å². The second-order valence-corrected chi connectivity index (χ2v) is 8.98. The number of anilines is 1. The predicted octanol–water partition coefficient (Wildman–Crippen LogP) is 4.93. The molecule has 2 aromatic carbocycles. The van der Waals surface area contributed by atoms with E-state index in [-0.39, 0.29) is 18.7 Å². The highest BCUT2D eigenvalue weighted by Gasteiger charge is 2.25. The number of ether oxygens (including phenoxy) is 2. The van der Waals surface area contributed by atoms with Gasteiger partial charge in [-0.25, -0.2) is 9.59 Å². The van der Waals surface area contributed by atoms with Crippen molar-refractivity contribution in [2.24, 2.45) is 0 Å². The van der Waals surface area contributed by atoms with E-state index in [1.54, 1.807) is 27.7 Å². The quantitative estimate of drug-likeness (QED) is 0.399. The van der Waals surface area contributed by atoms with Crippen molar-refractivity contribution in [1.82, 2.24) is 10.3 Å². The van der Waals surface area contributed by atoms with Crippen molar-refractivity contribution in [3.8, 4) is 11.1 Å². The van der Waals surface area contributed by atoms with Crippen LogP contribution in [0.4, 0.5) is 10.5 Å². The summed E-state index contributed by atoms with van der Waals surface area (Å²) in [5.41, 5.74) is 2.89. The van der Waals surface area contributed by atoms with Crippen LogP contribution in [0.5, 0.6) is 0 Å². The molecule has 0 bridgehead atoms. The molecule has 35 heavy (non-hydrogen) atoms. The molecule has 0 aliphatic carbocycles. The molecule has 0 spiro atoms. The van der Waals surface area contributed by atoms with Gasteiger partial charge in [-0.15, -0.1) is 0 Å². The topological polar surface area (TPSA) is 110 Å². The van der Waals surface area contributed by atoms with Gasteiger partial charge in [0.2, 0.25) is 5.91 Å². The number of carbonyl (C=O) groups excluding carboxylic acids is 3. The monoisotopic (exact) mass is 477 g/mol. The first-order valence-electron chi connectivity index (χ1n) is 11.4. The Balaban J connectivity index is 1.75. The Kier molecular flexibility index (Phi) is 8.30. The van der Waals surface area contributed by atoms with Gasteiger partial charge in [-0.1, -0.05) is 54.6 Å². The number of rotatable bonds is 8. The zero-order valence-electron chi connectivity index (χ0n) is 20.4. The smallest absolute Gasteiger partial charge is 0.408 e. The SMILES string of the molecule is CCOC(=O)c1cc(NC(=O)[C@H](Cc2ccc(-c3ccccc3)cc2)NC(=O)OC(C)(C)C)c[nH]1. The van der Waals surface area contributed by atoms with E-state index in [1.165, 1.54) is 12.3 Å². The molecule has 0 aliphatic heterocycles. The summed E-state index contributed by atoms with van der Waals surface area (Å²) in [6.45, 7) is 7.20. The molecule has 3 N–H and O–H groups in total. The summed E-state index contributed by atoms with van der Waals surface area (Å²) >= 11 is 0. The number of nitrogens with one attached hydrogen (secondary N) is 3. The number of esters is 1. The van der Waals surface area contributed by atoms with E-state index in [0.29, 0.717) is 5.69 Å². The van der Waals surface area contributed by atoms with Crippen LogP contribution in [0, 0.1) is 0 Å². The maximum Gasteiger partial charge on any atom is 0.408 e. The maximum atomic E-state index is 13.1. The van der Waals surface area contributed by atoms with Crippen molar-refractivity contribution >= 4 is 23.7 Å². The normalized spacial score (nSPS) is 11.9. The number of H-pyrrole nitrogens is 1. The molecule has 8 heteroatoms. The van der Waals surface area contributed by atoms with E-state index in [1.807, 2.05) is 54.6 Å². The zero-order valence-corrected chi connectivity index (χ0v) is 20.4. The van der Waals surface area contributed by atoms with Crippen LogP contribution in [0.3, 0.4) is 0 Å². The molecule has 0 aliphatic rings. The number of hydrogen-bond donors (Lipinski definition) is 3. The largest absolute Gasteiger partial charge is 0.461 e. The summed E-state index contributed by atoms with van der Waals surface area (Å²) in [6.07, 6.45) is 1.04. The Labute approximate surface area is 205 Å². The Morgan fingerprint density at radius 2 is 1.63 bits per heavy atom. The molecule has 1 heterocycles. The van der Waals surface area contributed by atoms with Gasteiger partial charge in [0.15, 0.2) is 0 Å². The maximum absolute atomic E-state index is 13.1. The third kappa shape index (κ3) is 7.74. The summed E-state index contributed by atoms with van der Waals surface area (Å²) in [6, 6.07) is 18.3. The van der Waals surface area contributed by atoms with E-state index >= 15 is 0 Å². The minimum atomic E-state index is -0.909. The number of alkyl carbamates (subject to hydrolysis) is 1. The van der Waals surface area contributed by atoms with E-state index in [4.69, 9.17) is 9.47 Å². The number of aromatic nitrogens is 1. The predicted molar refractivity (Wildman–Crippen MR) is 134 cm³/mol. The van der Waals surface area contributed by atoms with Crippen LogP contribution in [0.25, 0.3) is 11.1 Å². The molecule has 0 saturated heterocycles. The molecule has 0 fully saturated rings. The fourth-order valence-corrected chi connectivity index (χ4v) is 3.38. The number of benzene rings is 2. The third-order valence-corrected chi connectivity index (χ3v) is 4.95. The second kappa shape index (κ2) is 11.4. The van der Waals surface area contributed by atoms with Crippen LogP contribution < -0.4 is 10.6 Å². The summed E-state index contributed by atoms with van der Waals surface area (Å²) < 4.78 is 10.3. The minimum Gasteiger partial charge on any atom is -0.461 e. The molecule has 1 atom stereocenters. The first-order valence-corrected chi connectivity index (χ1v) is 11.4. The summed E-state index contributed by atoms with van der Waals surface area (Å²) in [7, 11) is 0. The van der Waals surface area contributed by atoms with Gasteiger partial charge in [0.05, 0.1) is 12.3 Å². The highest BCUT2D eigenvalue weighted by Crippen LogP contribution is 2.20. The third-order valence-electron chi connectivity index (χ3n) is 4.95. The van der Waals surface area contributed by atoms with Crippen LogP contribution in [-0.4, -0.2) is 41.2 Å². The van der Waals surface area contributed by atoms with Crippen molar-refractivity contribution in [3.05, 3.63) is 78.1 Å². The Morgan fingerprint density at radius 1 is 0.971 bits per heavy atom. The van der Waals surface area contributed by atoms with Crippen LogP contribution in [0.15, 0.2) is 66.9 Å². The Morgan fingerprint density at radius 3 is 2.26 bits per heavy atom. The summed E-state index contributed by atoms with van der Waals surface area (Å²) in [5, 5.41) is 5.40. The lowest BCUT2D eigenvalue weighted by Gasteiger charge is -2.23. The van der Waals surface area contributed by atoms with Crippen molar-refractivity contribution in [2.45, 2.75) is 45.8 Å². The van der Waals surface area contributed by atoms with Gasteiger partial charge in [0, 0.05) is 12.6 Å². The fraction of sp³-hybridized carbons (Fsp3) is 0.296. The van der Waals surface area contributed by atoms with Gasteiger partial charge < -0.3 is 25.1 Å². The number of hydrogen-bond acceptors (Lipinski definition) is 5. The average molecular weight is 478 g/mol. The van der Waals surface area contributed by atoms with E-state index in [2.05, 4.69) is 15.6 Å². The van der Waals surface area contributed by atoms with E-state index in [9.17, 15) is 14.4 Å². The van der Waals surface area contributed by atoms with E-state index in [0.717, 1.165) is 16.7 Å². The molecule has 3 rings (SSSR count). The molecule has 2 amide bonds. The van der Waals surface area contributed by atoms with Crippen LogP contribution in [-0.2, 0) is 20.7 Å². The van der Waals surface area contributed by atoms with E-state index < -0.39 is 29.6 Å². The first-order chi connectivity index (χ1) is 16.6. The standard InChI is InChI=1S/C27H31N3O5/c1-5-34-25(32)23-16-21(17-28-23)29-24(31)22(30-26(33)35-27(2,3)4)15-18-11-13-20(14-12-18)19-9-7-6-8-10-19/h6-14,16-17,22,28H,5,15H2,1-4H3,(H,29,31)(H,30,33)/t22-/m0/s1. The lowest BCUT2D eigenvalue weighted by atomic mass is 10.0. The van der Waals surface area contributed by atoms with Gasteiger partial charge in [-0.2, -0.15) is 0 Å². The molecule has 3 aromatic rings. The number of carbonyl (C=O) groups is 3. The highest BCUT2D eigenvalue weighted by atomic mass is 16.6. The molecule has 0 radical (unpaired) electrons. The van der Waals surface area contributed by atoms with Crippen molar-refractivity contribution in [2.75, 3.05) is 11.9 Å². The average Bonchev–Trinajstić information content (AvgIpc) is 3.27. The minimum absolute atomic E-state index is 0.218. The van der Waals surface area contributed by atoms with Gasteiger partial charge in [0.25, 0.3) is 0 Å². The molecular weight excluding hydrogens is 446 g/mol. The first kappa shape index (κ1) is 25.6. The number of aromatic amines is 1. The summed E-state index contributed by atoms with van der Waals surface area (Å²) in [5.74, 6) is -0.965. The molecule has 1 aromatic heterocycles.